The van der Waals surface area contributed by atoms with Crippen LogP contribution in [0.1, 0.15) is 18.5 Å². The van der Waals surface area contributed by atoms with Gasteiger partial charge in [0.1, 0.15) is 5.75 Å². The van der Waals surface area contributed by atoms with Crippen LogP contribution in [0.15, 0.2) is 24.3 Å². The van der Waals surface area contributed by atoms with Crippen molar-refractivity contribution >= 4 is 6.41 Å². The van der Waals surface area contributed by atoms with Crippen molar-refractivity contribution < 1.29 is 27.4 Å². The highest BCUT2D eigenvalue weighted by atomic mass is 19.4. The molecule has 0 aliphatic heterocycles. The van der Waals surface area contributed by atoms with Gasteiger partial charge in [-0.15, -0.1) is 13.2 Å². The van der Waals surface area contributed by atoms with Crippen LogP contribution in [0, 0.1) is 0 Å². The summed E-state index contributed by atoms with van der Waals surface area (Å²) < 4.78 is 44.9. The Bertz CT molecular complexity index is 392. The lowest BCUT2D eigenvalue weighted by Crippen LogP contribution is -2.24. The average Bonchev–Trinajstić information content (AvgIpc) is 2.34. The number of benzene rings is 1. The lowest BCUT2D eigenvalue weighted by Gasteiger charge is -2.17. The van der Waals surface area contributed by atoms with E-state index >= 15 is 0 Å². The molecule has 4 nitrogen and oxygen atoms in total. The molecule has 1 aromatic rings. The van der Waals surface area contributed by atoms with Crippen LogP contribution in [0.2, 0.25) is 0 Å². The zero-order valence-corrected chi connectivity index (χ0v) is 10.2. The molecule has 0 spiro atoms. The molecule has 0 bridgehead atoms. The van der Waals surface area contributed by atoms with Gasteiger partial charge in [0.15, 0.2) is 0 Å². The minimum atomic E-state index is -4.71. The van der Waals surface area contributed by atoms with Crippen molar-refractivity contribution in [3.8, 4) is 5.75 Å². The first-order valence-electron chi connectivity index (χ1n) is 5.59. The van der Waals surface area contributed by atoms with Gasteiger partial charge in [0.25, 0.3) is 0 Å². The van der Waals surface area contributed by atoms with Crippen LogP contribution in [0.5, 0.6) is 5.75 Å². The highest BCUT2D eigenvalue weighted by molar-refractivity contribution is 5.48. The molecule has 0 radical (unpaired) electrons. The Kier molecular flexibility index (Phi) is 5.62. The fourth-order valence-electron chi connectivity index (χ4n) is 1.46. The zero-order valence-electron chi connectivity index (χ0n) is 10.2. The van der Waals surface area contributed by atoms with E-state index in [1.54, 1.807) is 6.92 Å². The lowest BCUT2D eigenvalue weighted by molar-refractivity contribution is -0.274. The molecule has 0 heterocycles. The minimum absolute atomic E-state index is 0.245. The van der Waals surface area contributed by atoms with Gasteiger partial charge in [-0.1, -0.05) is 12.1 Å². The van der Waals surface area contributed by atoms with Crippen molar-refractivity contribution in [2.75, 3.05) is 13.2 Å². The first-order valence-corrected chi connectivity index (χ1v) is 5.59. The number of ether oxygens (including phenoxy) is 2. The van der Waals surface area contributed by atoms with Gasteiger partial charge in [-0.25, -0.2) is 0 Å². The largest absolute Gasteiger partial charge is 0.573 e. The van der Waals surface area contributed by atoms with Crippen LogP contribution in [-0.4, -0.2) is 26.0 Å². The molecule has 0 aliphatic carbocycles. The summed E-state index contributed by atoms with van der Waals surface area (Å²) in [7, 11) is 0. The number of hydrogen-bond donors (Lipinski definition) is 1. The summed E-state index contributed by atoms with van der Waals surface area (Å²) in [5.74, 6) is -0.308. The van der Waals surface area contributed by atoms with Crippen molar-refractivity contribution in [3.05, 3.63) is 29.8 Å². The first-order chi connectivity index (χ1) is 8.96. The molecule has 0 aromatic heterocycles. The Hall–Kier alpha value is -1.76. The van der Waals surface area contributed by atoms with Gasteiger partial charge < -0.3 is 14.8 Å². The van der Waals surface area contributed by atoms with E-state index in [0.29, 0.717) is 18.6 Å². The topological polar surface area (TPSA) is 47.6 Å². The molecule has 19 heavy (non-hydrogen) atoms. The second kappa shape index (κ2) is 6.98. The number of halogens is 3. The summed E-state index contributed by atoms with van der Waals surface area (Å²) in [5.41, 5.74) is 0.634. The molecular formula is C12H14F3NO3. The van der Waals surface area contributed by atoms with Gasteiger partial charge in [0, 0.05) is 6.61 Å². The molecule has 1 aromatic carbocycles. The Balaban J connectivity index is 2.73. The van der Waals surface area contributed by atoms with Crippen LogP contribution in [0.4, 0.5) is 13.2 Å². The van der Waals surface area contributed by atoms with E-state index in [1.165, 1.54) is 24.3 Å². The van der Waals surface area contributed by atoms with E-state index in [-0.39, 0.29) is 12.4 Å². The molecule has 1 atom stereocenters. The molecule has 0 saturated carbocycles. The predicted molar refractivity (Wildman–Crippen MR) is 61.6 cm³/mol. The van der Waals surface area contributed by atoms with E-state index in [2.05, 4.69) is 10.1 Å². The second-order valence-corrected chi connectivity index (χ2v) is 3.61. The van der Waals surface area contributed by atoms with Gasteiger partial charge >= 0.3 is 6.36 Å². The monoisotopic (exact) mass is 277 g/mol. The first kappa shape index (κ1) is 15.3. The van der Waals surface area contributed by atoms with Crippen molar-refractivity contribution in [2.45, 2.75) is 19.3 Å². The highest BCUT2D eigenvalue weighted by Gasteiger charge is 2.31. The van der Waals surface area contributed by atoms with Crippen LogP contribution in [-0.2, 0) is 9.53 Å². The van der Waals surface area contributed by atoms with Crippen molar-refractivity contribution in [3.63, 3.8) is 0 Å². The van der Waals surface area contributed by atoms with Crippen molar-refractivity contribution in [1.29, 1.82) is 0 Å². The molecule has 1 N–H and O–H groups in total. The van der Waals surface area contributed by atoms with Gasteiger partial charge in [0.2, 0.25) is 6.41 Å². The van der Waals surface area contributed by atoms with Crippen LogP contribution < -0.4 is 10.1 Å². The Labute approximate surface area is 108 Å². The SMILES string of the molecule is CCOCC(NC=O)c1ccc(OC(F)(F)F)cc1. The average molecular weight is 277 g/mol. The molecule has 1 rings (SSSR count). The number of rotatable bonds is 7. The molecule has 106 valence electrons. The summed E-state index contributed by atoms with van der Waals surface area (Å²) in [6.45, 7) is 2.53. The maximum absolute atomic E-state index is 12.0. The summed E-state index contributed by atoms with van der Waals surface area (Å²) in [5, 5.41) is 2.53. The Morgan fingerprint density at radius 2 is 1.95 bits per heavy atom. The van der Waals surface area contributed by atoms with Crippen LogP contribution in [0.25, 0.3) is 0 Å². The van der Waals surface area contributed by atoms with E-state index in [4.69, 9.17) is 4.74 Å². The fraction of sp³-hybridized carbons (Fsp3) is 0.417. The Morgan fingerprint density at radius 3 is 2.42 bits per heavy atom. The molecule has 1 unspecified atom stereocenters. The number of carbonyl (C=O) groups excluding carboxylic acids is 1. The molecule has 7 heteroatoms. The number of hydrogen-bond acceptors (Lipinski definition) is 3. The van der Waals surface area contributed by atoms with Gasteiger partial charge in [0.05, 0.1) is 12.6 Å². The normalized spacial score (nSPS) is 12.8. The molecule has 1 amide bonds. The number of carbonyl (C=O) groups is 1. The second-order valence-electron chi connectivity index (χ2n) is 3.61. The van der Waals surface area contributed by atoms with E-state index < -0.39 is 12.4 Å². The zero-order chi connectivity index (χ0) is 14.3. The molecular weight excluding hydrogens is 263 g/mol. The number of nitrogens with one attached hydrogen (secondary N) is 1. The molecule has 0 fully saturated rings. The molecule has 0 aliphatic rings. The Morgan fingerprint density at radius 1 is 1.32 bits per heavy atom. The summed E-state index contributed by atoms with van der Waals surface area (Å²) >= 11 is 0. The third kappa shape index (κ3) is 5.60. The fourth-order valence-corrected chi connectivity index (χ4v) is 1.46. The quantitative estimate of drug-likeness (QED) is 0.779. The number of amides is 1. The van der Waals surface area contributed by atoms with Crippen molar-refractivity contribution in [2.24, 2.45) is 0 Å². The van der Waals surface area contributed by atoms with Crippen molar-refractivity contribution in [1.82, 2.24) is 5.32 Å². The molecule has 0 saturated heterocycles. The smallest absolute Gasteiger partial charge is 0.406 e. The van der Waals surface area contributed by atoms with Crippen LogP contribution >= 0.6 is 0 Å². The summed E-state index contributed by atoms with van der Waals surface area (Å²) in [6, 6.07) is 4.86. The standard InChI is InChI=1S/C12H14F3NO3/c1-2-18-7-11(16-8-17)9-3-5-10(6-4-9)19-12(13,14)15/h3-6,8,11H,2,7H2,1H3,(H,16,17). The lowest BCUT2D eigenvalue weighted by atomic mass is 10.1. The van der Waals surface area contributed by atoms with E-state index in [1.807, 2.05) is 0 Å². The minimum Gasteiger partial charge on any atom is -0.406 e. The van der Waals surface area contributed by atoms with E-state index in [0.717, 1.165) is 0 Å². The summed E-state index contributed by atoms with van der Waals surface area (Å²) in [4.78, 5) is 10.5. The third-order valence-electron chi connectivity index (χ3n) is 2.27. The third-order valence-corrected chi connectivity index (χ3v) is 2.27. The maximum Gasteiger partial charge on any atom is 0.573 e. The van der Waals surface area contributed by atoms with Gasteiger partial charge in [-0.2, -0.15) is 0 Å². The maximum atomic E-state index is 12.0. The van der Waals surface area contributed by atoms with E-state index in [9.17, 15) is 18.0 Å². The van der Waals surface area contributed by atoms with Gasteiger partial charge in [-0.3, -0.25) is 4.79 Å². The van der Waals surface area contributed by atoms with Crippen LogP contribution in [0.3, 0.4) is 0 Å². The number of alkyl halides is 3. The predicted octanol–water partition coefficient (Wildman–Crippen LogP) is 2.41. The van der Waals surface area contributed by atoms with Gasteiger partial charge in [-0.05, 0) is 24.6 Å². The summed E-state index contributed by atoms with van der Waals surface area (Å²) in [6.07, 6.45) is -4.20. The highest BCUT2D eigenvalue weighted by Crippen LogP contribution is 2.24.